The van der Waals surface area contributed by atoms with Crippen LogP contribution in [0.4, 0.5) is 5.69 Å². The minimum atomic E-state index is 0. The molecule has 0 unspecified atom stereocenters. The van der Waals surface area contributed by atoms with E-state index in [0.29, 0.717) is 6.54 Å². The number of amides is 1. The number of hydrogen-bond donors (Lipinski definition) is 2. The molecule has 0 bridgehead atoms. The summed E-state index contributed by atoms with van der Waals surface area (Å²) in [6, 6.07) is 8.37. The van der Waals surface area contributed by atoms with E-state index in [1.165, 1.54) is 5.69 Å². The number of piperazine rings is 1. The maximum Gasteiger partial charge on any atom is 0.251 e. The topological polar surface area (TPSA) is 64.3 Å². The predicted octanol–water partition coefficient (Wildman–Crippen LogP) is 2.76. The number of H-pyrrole nitrogens is 1. The van der Waals surface area contributed by atoms with Gasteiger partial charge in [0.2, 0.25) is 0 Å². The van der Waals surface area contributed by atoms with Crippen LogP contribution < -0.4 is 10.2 Å². The summed E-state index contributed by atoms with van der Waals surface area (Å²) in [5.74, 6) is 0.0285. The number of nitrogens with zero attached hydrogens (tertiary/aromatic N) is 3. The smallest absolute Gasteiger partial charge is 0.251 e. The number of benzene rings is 1. The van der Waals surface area contributed by atoms with Crippen LogP contribution in [0.15, 0.2) is 36.7 Å². The Hall–Kier alpha value is -2.86. The molecule has 3 aromatic rings. The molecule has 1 fully saturated rings. The van der Waals surface area contributed by atoms with Gasteiger partial charge in [-0.2, -0.15) is 0 Å². The second-order valence-corrected chi connectivity index (χ2v) is 7.46. The summed E-state index contributed by atoms with van der Waals surface area (Å²) in [5.41, 5.74) is 6.26. The molecule has 2 aliphatic rings. The van der Waals surface area contributed by atoms with E-state index in [-0.39, 0.29) is 8.76 Å². The van der Waals surface area contributed by atoms with E-state index in [0.717, 1.165) is 65.9 Å². The minimum absolute atomic E-state index is 0. The van der Waals surface area contributed by atoms with E-state index >= 15 is 0 Å². The lowest BCUT2D eigenvalue weighted by atomic mass is 9.95. The van der Waals surface area contributed by atoms with Gasteiger partial charge in [0.05, 0.1) is 11.9 Å². The Bertz CT molecular complexity index is 1030. The lowest BCUT2D eigenvalue weighted by molar-refractivity contribution is 0.0946. The highest BCUT2D eigenvalue weighted by Crippen LogP contribution is 2.32. The Morgan fingerprint density at radius 2 is 1.96 bits per heavy atom. The number of fused-ring (bicyclic) bond motifs is 2. The zero-order chi connectivity index (χ0) is 18.4. The van der Waals surface area contributed by atoms with E-state index in [2.05, 4.69) is 44.3 Å². The Morgan fingerprint density at radius 1 is 1.11 bits per heavy atom. The first-order valence-corrected chi connectivity index (χ1v) is 9.51. The minimum Gasteiger partial charge on any atom is -0.368 e. The van der Waals surface area contributed by atoms with Crippen molar-refractivity contribution in [2.45, 2.75) is 6.42 Å². The summed E-state index contributed by atoms with van der Waals surface area (Å²) in [5, 5.41) is 4.04. The van der Waals surface area contributed by atoms with Crippen LogP contribution in [-0.2, 0) is 6.42 Å². The predicted molar refractivity (Wildman–Crippen MR) is 112 cm³/mol. The zero-order valence-corrected chi connectivity index (χ0v) is 15.5. The summed E-state index contributed by atoms with van der Waals surface area (Å²) < 4.78 is 0. The quantitative estimate of drug-likeness (QED) is 0.733. The van der Waals surface area contributed by atoms with Crippen LogP contribution in [0.2, 0.25) is 0 Å². The average Bonchev–Trinajstić information content (AvgIpc) is 3.12. The van der Waals surface area contributed by atoms with Gasteiger partial charge in [0.25, 0.3) is 5.91 Å². The highest BCUT2D eigenvalue weighted by Gasteiger charge is 2.19. The van der Waals surface area contributed by atoms with E-state index in [4.69, 9.17) is 0 Å². The van der Waals surface area contributed by atoms with Gasteiger partial charge in [-0.15, -0.1) is 0 Å². The van der Waals surface area contributed by atoms with Crippen LogP contribution in [-0.4, -0.2) is 60.5 Å². The van der Waals surface area contributed by atoms with Crippen LogP contribution >= 0.6 is 0 Å². The van der Waals surface area contributed by atoms with Crippen molar-refractivity contribution in [3.8, 4) is 11.1 Å². The monoisotopic (exact) mass is 365 g/mol. The van der Waals surface area contributed by atoms with Gasteiger partial charge in [-0.05, 0) is 36.7 Å². The molecule has 2 aromatic heterocycles. The third-order valence-electron chi connectivity index (χ3n) is 5.73. The van der Waals surface area contributed by atoms with Crippen molar-refractivity contribution >= 4 is 22.6 Å². The molecule has 0 aliphatic carbocycles. The molecule has 2 N–H and O–H groups in total. The van der Waals surface area contributed by atoms with Crippen molar-refractivity contribution in [3.63, 3.8) is 0 Å². The first kappa shape index (κ1) is 16.3. The largest absolute Gasteiger partial charge is 0.368 e. The number of anilines is 1. The molecule has 4 heterocycles. The summed E-state index contributed by atoms with van der Waals surface area (Å²) in [6.07, 6.45) is 4.86. The molecule has 1 amide bonds. The van der Waals surface area contributed by atoms with Gasteiger partial charge in [0.1, 0.15) is 5.65 Å². The summed E-state index contributed by atoms with van der Waals surface area (Å²) in [7, 11) is 2.17. The number of rotatable bonds is 2. The van der Waals surface area contributed by atoms with Gasteiger partial charge in [-0.1, -0.05) is 12.1 Å². The van der Waals surface area contributed by atoms with E-state index in [1.54, 1.807) is 0 Å². The van der Waals surface area contributed by atoms with Crippen LogP contribution in [0.25, 0.3) is 22.2 Å². The van der Waals surface area contributed by atoms with Crippen molar-refractivity contribution in [3.05, 3.63) is 47.8 Å². The second-order valence-electron chi connectivity index (χ2n) is 7.46. The van der Waals surface area contributed by atoms with Crippen molar-refractivity contribution in [1.82, 2.24) is 20.2 Å². The molecule has 1 saturated heterocycles. The summed E-state index contributed by atoms with van der Waals surface area (Å²) in [4.78, 5) is 24.7. The first-order chi connectivity index (χ1) is 13.2. The maximum absolute atomic E-state index is 12.0. The standard InChI is InChI=1S/C21H23N5O.2H2/c1-25-6-8-26(9-7-25)16-11-18-19(13-24-20(18)23-12-16)14-2-3-17-15(10-14)4-5-22-21(17)27;;/h2-3,10-13H,4-9H2,1H3,(H,22,27)(H,23,24);2*1H. The molecule has 0 spiro atoms. The number of nitrogens with one attached hydrogen (secondary N) is 2. The normalized spacial score (nSPS) is 17.8. The fourth-order valence-electron chi connectivity index (χ4n) is 4.06. The fraction of sp³-hybridized carbons (Fsp3) is 0.333. The molecule has 142 valence electrons. The van der Waals surface area contributed by atoms with Crippen LogP contribution in [0.1, 0.15) is 18.8 Å². The number of aromatic nitrogens is 2. The molecule has 2 aliphatic heterocycles. The van der Waals surface area contributed by atoms with E-state index in [1.807, 2.05) is 24.5 Å². The molecule has 0 saturated carbocycles. The molecule has 0 atom stereocenters. The Balaban J connectivity index is 0.00000120. The highest BCUT2D eigenvalue weighted by molar-refractivity contribution is 5.99. The van der Waals surface area contributed by atoms with Gasteiger partial charge >= 0.3 is 0 Å². The van der Waals surface area contributed by atoms with Crippen molar-refractivity contribution in [2.75, 3.05) is 44.7 Å². The molecule has 6 nitrogen and oxygen atoms in total. The van der Waals surface area contributed by atoms with Gasteiger partial charge in [-0.3, -0.25) is 4.79 Å². The highest BCUT2D eigenvalue weighted by atomic mass is 16.1. The number of carbonyl (C=O) groups excluding carboxylic acids is 1. The van der Waals surface area contributed by atoms with Crippen molar-refractivity contribution in [2.24, 2.45) is 0 Å². The third-order valence-corrected chi connectivity index (χ3v) is 5.73. The van der Waals surface area contributed by atoms with Gasteiger partial charge in [0, 0.05) is 58.3 Å². The van der Waals surface area contributed by atoms with Crippen LogP contribution in [0.3, 0.4) is 0 Å². The molecule has 0 radical (unpaired) electrons. The average molecular weight is 365 g/mol. The van der Waals surface area contributed by atoms with Gasteiger partial charge in [0.15, 0.2) is 0 Å². The van der Waals surface area contributed by atoms with Crippen molar-refractivity contribution < 1.29 is 7.65 Å². The number of aromatic amines is 1. The second kappa shape index (κ2) is 6.39. The van der Waals surface area contributed by atoms with Crippen LogP contribution in [0.5, 0.6) is 0 Å². The number of pyridine rings is 1. The fourth-order valence-corrected chi connectivity index (χ4v) is 4.06. The molecular weight excluding hydrogens is 338 g/mol. The van der Waals surface area contributed by atoms with E-state index in [9.17, 15) is 4.79 Å². The lowest BCUT2D eigenvalue weighted by Gasteiger charge is -2.33. The molecular formula is C21H27N5O. The first-order valence-electron chi connectivity index (χ1n) is 9.51. The number of likely N-dealkylation sites (N-methyl/N-ethyl adjacent to an activating group) is 1. The SMILES string of the molecule is CN1CCN(c2cnc3[nH]cc(-c4ccc5c(c4)CCNC5=O)c3c2)CC1.[HH].[HH]. The number of carbonyl (C=O) groups is 1. The Morgan fingerprint density at radius 3 is 2.81 bits per heavy atom. The van der Waals surface area contributed by atoms with Gasteiger partial charge < -0.3 is 20.1 Å². The molecule has 5 rings (SSSR count). The molecule has 1 aromatic carbocycles. The molecule has 6 heteroatoms. The number of hydrogen-bond acceptors (Lipinski definition) is 4. The maximum atomic E-state index is 12.0. The lowest BCUT2D eigenvalue weighted by Crippen LogP contribution is -2.44. The Kier molecular flexibility index (Phi) is 3.86. The van der Waals surface area contributed by atoms with E-state index < -0.39 is 0 Å². The summed E-state index contributed by atoms with van der Waals surface area (Å²) >= 11 is 0. The third kappa shape index (κ3) is 2.86. The zero-order valence-electron chi connectivity index (χ0n) is 15.5. The van der Waals surface area contributed by atoms with Crippen LogP contribution in [0, 0.1) is 0 Å². The van der Waals surface area contributed by atoms with Crippen molar-refractivity contribution in [1.29, 1.82) is 0 Å². The van der Waals surface area contributed by atoms with Gasteiger partial charge in [-0.25, -0.2) is 4.98 Å². The molecule has 27 heavy (non-hydrogen) atoms. The Labute approximate surface area is 161 Å². The summed E-state index contributed by atoms with van der Waals surface area (Å²) in [6.45, 7) is 4.91.